The van der Waals surface area contributed by atoms with Crippen LogP contribution in [-0.4, -0.2) is 22.0 Å². The molecule has 0 aliphatic heterocycles. The van der Waals surface area contributed by atoms with Gasteiger partial charge in [0.1, 0.15) is 5.69 Å². The van der Waals surface area contributed by atoms with Crippen LogP contribution in [0.4, 0.5) is 5.69 Å². The third kappa shape index (κ3) is 3.82. The summed E-state index contributed by atoms with van der Waals surface area (Å²) >= 11 is 1.47. The van der Waals surface area contributed by atoms with Gasteiger partial charge in [-0.2, -0.15) is 0 Å². The van der Waals surface area contributed by atoms with E-state index in [0.29, 0.717) is 16.9 Å². The summed E-state index contributed by atoms with van der Waals surface area (Å²) in [6.07, 6.45) is 0. The highest BCUT2D eigenvalue weighted by Gasteiger charge is 2.29. The van der Waals surface area contributed by atoms with E-state index in [2.05, 4.69) is 31.1 Å². The topological polar surface area (TPSA) is 79.3 Å². The van der Waals surface area contributed by atoms with Crippen molar-refractivity contribution in [2.45, 2.75) is 45.4 Å². The summed E-state index contributed by atoms with van der Waals surface area (Å²) in [6, 6.07) is 6.83. The van der Waals surface area contributed by atoms with Crippen molar-refractivity contribution >= 4 is 28.9 Å². The first kappa shape index (κ1) is 18.1. The number of benzene rings is 1. The number of carboxylic acids is 1. The van der Waals surface area contributed by atoms with E-state index < -0.39 is 11.4 Å². The molecule has 0 atom stereocenters. The summed E-state index contributed by atoms with van der Waals surface area (Å²) in [4.78, 5) is 27.9. The lowest BCUT2D eigenvalue weighted by Crippen LogP contribution is -2.28. The molecule has 24 heavy (non-hydrogen) atoms. The molecule has 0 aliphatic rings. The predicted molar refractivity (Wildman–Crippen MR) is 95.9 cm³/mol. The van der Waals surface area contributed by atoms with Gasteiger partial charge in [0.05, 0.1) is 10.4 Å². The van der Waals surface area contributed by atoms with Crippen molar-refractivity contribution in [3.05, 3.63) is 45.9 Å². The molecule has 5 nitrogen and oxygen atoms in total. The number of anilines is 1. The molecule has 1 amide bonds. The van der Waals surface area contributed by atoms with E-state index in [9.17, 15) is 14.7 Å². The van der Waals surface area contributed by atoms with Gasteiger partial charge in [-0.15, -0.1) is 11.3 Å². The quantitative estimate of drug-likeness (QED) is 0.875. The highest BCUT2D eigenvalue weighted by Crippen LogP contribution is 2.27. The van der Waals surface area contributed by atoms with Crippen molar-refractivity contribution in [1.29, 1.82) is 0 Å². The average Bonchev–Trinajstić information content (AvgIpc) is 2.97. The number of hydrogen-bond donors (Lipinski definition) is 2. The average molecular weight is 346 g/mol. The van der Waals surface area contributed by atoms with Crippen LogP contribution in [-0.2, 0) is 15.6 Å². The van der Waals surface area contributed by atoms with Crippen LogP contribution in [0.1, 0.15) is 55.7 Å². The van der Waals surface area contributed by atoms with Crippen molar-refractivity contribution < 1.29 is 14.7 Å². The molecule has 0 aliphatic carbocycles. The van der Waals surface area contributed by atoms with Crippen molar-refractivity contribution in [1.82, 2.24) is 4.98 Å². The van der Waals surface area contributed by atoms with Gasteiger partial charge in [-0.1, -0.05) is 32.9 Å². The maximum Gasteiger partial charge on any atom is 0.313 e. The van der Waals surface area contributed by atoms with Gasteiger partial charge in [0, 0.05) is 16.5 Å². The first-order valence-electron chi connectivity index (χ1n) is 7.63. The Kier molecular flexibility index (Phi) is 4.80. The number of nitrogens with zero attached hydrogens (tertiary/aromatic N) is 1. The zero-order chi connectivity index (χ0) is 18.1. The van der Waals surface area contributed by atoms with E-state index >= 15 is 0 Å². The molecule has 1 aromatic carbocycles. The zero-order valence-corrected chi connectivity index (χ0v) is 15.3. The molecule has 1 heterocycles. The number of amides is 1. The molecule has 128 valence electrons. The standard InChI is InChI=1S/C18H22N2O3S/c1-17(2,3)15-20-13(10-24-15)14(21)19-12-8-6-11(7-9-12)18(4,5)16(22)23/h6-10H,1-5H3,(H,19,21)(H,22,23). The Morgan fingerprint density at radius 2 is 1.67 bits per heavy atom. The first-order valence-corrected chi connectivity index (χ1v) is 8.51. The molecule has 0 saturated heterocycles. The van der Waals surface area contributed by atoms with Crippen LogP contribution in [0, 0.1) is 0 Å². The number of carbonyl (C=O) groups is 2. The number of thiazole rings is 1. The summed E-state index contributed by atoms with van der Waals surface area (Å²) in [5.74, 6) is -1.16. The minimum atomic E-state index is -0.973. The fourth-order valence-electron chi connectivity index (χ4n) is 2.01. The van der Waals surface area contributed by atoms with Gasteiger partial charge in [-0.3, -0.25) is 9.59 Å². The van der Waals surface area contributed by atoms with Crippen LogP contribution in [0.2, 0.25) is 0 Å². The Labute approximate surface area is 145 Å². The Bertz CT molecular complexity index is 755. The van der Waals surface area contributed by atoms with E-state index in [1.54, 1.807) is 43.5 Å². The minimum absolute atomic E-state index is 0.0900. The second-order valence-corrected chi connectivity index (χ2v) is 8.11. The summed E-state index contributed by atoms with van der Waals surface area (Å²) in [6.45, 7) is 9.45. The Hall–Kier alpha value is -2.21. The number of carboxylic acid groups (broad SMARTS) is 1. The van der Waals surface area contributed by atoms with Gasteiger partial charge in [0.15, 0.2) is 0 Å². The van der Waals surface area contributed by atoms with E-state index in [4.69, 9.17) is 0 Å². The molecule has 0 radical (unpaired) electrons. The van der Waals surface area contributed by atoms with Gasteiger partial charge >= 0.3 is 5.97 Å². The van der Waals surface area contributed by atoms with Crippen molar-refractivity contribution in [2.75, 3.05) is 5.32 Å². The number of carbonyl (C=O) groups excluding carboxylic acids is 1. The van der Waals surface area contributed by atoms with Crippen LogP contribution < -0.4 is 5.32 Å². The smallest absolute Gasteiger partial charge is 0.313 e. The van der Waals surface area contributed by atoms with Crippen LogP contribution in [0.25, 0.3) is 0 Å². The van der Waals surface area contributed by atoms with Crippen LogP contribution in [0.3, 0.4) is 0 Å². The summed E-state index contributed by atoms with van der Waals surface area (Å²) in [5, 5.41) is 14.7. The molecular weight excluding hydrogens is 324 g/mol. The summed E-state index contributed by atoms with van der Waals surface area (Å²) in [5.41, 5.74) is 0.610. The molecule has 1 aromatic heterocycles. The van der Waals surface area contributed by atoms with E-state index in [0.717, 1.165) is 5.01 Å². The van der Waals surface area contributed by atoms with Crippen molar-refractivity contribution in [2.24, 2.45) is 0 Å². The third-order valence-corrected chi connectivity index (χ3v) is 5.05. The first-order chi connectivity index (χ1) is 11.0. The Balaban J connectivity index is 2.13. The second-order valence-electron chi connectivity index (χ2n) is 7.25. The molecule has 0 spiro atoms. The molecule has 0 unspecified atom stereocenters. The Morgan fingerprint density at radius 3 is 2.12 bits per heavy atom. The highest BCUT2D eigenvalue weighted by atomic mass is 32.1. The monoisotopic (exact) mass is 346 g/mol. The lowest BCUT2D eigenvalue weighted by atomic mass is 9.85. The molecule has 2 N–H and O–H groups in total. The molecule has 2 rings (SSSR count). The predicted octanol–water partition coefficient (Wildman–Crippen LogP) is 4.06. The fraction of sp³-hybridized carbons (Fsp3) is 0.389. The number of aliphatic carboxylic acids is 1. The molecule has 6 heteroatoms. The SMILES string of the molecule is CC(C)(C)c1nc(C(=O)Nc2ccc(C(C)(C)C(=O)O)cc2)cs1. The van der Waals surface area contributed by atoms with E-state index in [-0.39, 0.29) is 11.3 Å². The van der Waals surface area contributed by atoms with Gasteiger partial charge in [-0.05, 0) is 31.5 Å². The van der Waals surface area contributed by atoms with Crippen LogP contribution in [0.5, 0.6) is 0 Å². The third-order valence-electron chi connectivity index (χ3n) is 3.78. The maximum absolute atomic E-state index is 12.3. The number of hydrogen-bond acceptors (Lipinski definition) is 4. The lowest BCUT2D eigenvalue weighted by molar-refractivity contribution is -0.142. The highest BCUT2D eigenvalue weighted by molar-refractivity contribution is 7.10. The van der Waals surface area contributed by atoms with Crippen LogP contribution in [0.15, 0.2) is 29.6 Å². The number of rotatable bonds is 4. The second kappa shape index (κ2) is 6.36. The van der Waals surface area contributed by atoms with E-state index in [1.165, 1.54) is 11.3 Å². The van der Waals surface area contributed by atoms with Gasteiger partial charge in [0.2, 0.25) is 0 Å². The minimum Gasteiger partial charge on any atom is -0.481 e. The zero-order valence-electron chi connectivity index (χ0n) is 14.5. The van der Waals surface area contributed by atoms with Crippen molar-refractivity contribution in [3.8, 4) is 0 Å². The summed E-state index contributed by atoms with van der Waals surface area (Å²) < 4.78 is 0. The largest absolute Gasteiger partial charge is 0.481 e. The lowest BCUT2D eigenvalue weighted by Gasteiger charge is -2.19. The normalized spacial score (nSPS) is 12.0. The van der Waals surface area contributed by atoms with E-state index in [1.807, 2.05) is 0 Å². The molecular formula is C18H22N2O3S. The number of aromatic nitrogens is 1. The van der Waals surface area contributed by atoms with Crippen LogP contribution >= 0.6 is 11.3 Å². The fourth-order valence-corrected chi connectivity index (χ4v) is 2.90. The van der Waals surface area contributed by atoms with Gasteiger partial charge < -0.3 is 10.4 Å². The molecule has 0 saturated carbocycles. The van der Waals surface area contributed by atoms with Crippen molar-refractivity contribution in [3.63, 3.8) is 0 Å². The number of nitrogens with one attached hydrogen (secondary N) is 1. The summed E-state index contributed by atoms with van der Waals surface area (Å²) in [7, 11) is 0. The Morgan fingerprint density at radius 1 is 1.08 bits per heavy atom. The maximum atomic E-state index is 12.3. The molecule has 2 aromatic rings. The molecule has 0 fully saturated rings. The molecule has 0 bridgehead atoms. The van der Waals surface area contributed by atoms with Gasteiger partial charge in [0.25, 0.3) is 5.91 Å². The van der Waals surface area contributed by atoms with Gasteiger partial charge in [-0.25, -0.2) is 4.98 Å².